The third-order valence-electron chi connectivity index (χ3n) is 3.72. The Bertz CT molecular complexity index is 537. The van der Waals surface area contributed by atoms with Gasteiger partial charge in [-0.1, -0.05) is 19.1 Å². The summed E-state index contributed by atoms with van der Waals surface area (Å²) in [4.78, 5) is 34.9. The molecule has 0 saturated carbocycles. The van der Waals surface area contributed by atoms with E-state index in [1.165, 1.54) is 0 Å². The van der Waals surface area contributed by atoms with E-state index in [0.29, 0.717) is 18.5 Å². The van der Waals surface area contributed by atoms with Crippen LogP contribution in [0.1, 0.15) is 37.7 Å². The van der Waals surface area contributed by atoms with Crippen LogP contribution in [0.2, 0.25) is 0 Å². The van der Waals surface area contributed by atoms with Gasteiger partial charge in [-0.3, -0.25) is 19.7 Å². The number of ketones is 1. The third kappa shape index (κ3) is 3.23. The number of imide groups is 1. The van der Waals surface area contributed by atoms with Gasteiger partial charge in [0.05, 0.1) is 0 Å². The summed E-state index contributed by atoms with van der Waals surface area (Å²) in [6.45, 7) is 1.82. The number of benzene rings is 1. The van der Waals surface area contributed by atoms with Crippen LogP contribution in [0.15, 0.2) is 24.3 Å². The summed E-state index contributed by atoms with van der Waals surface area (Å²) in [7, 11) is 0. The Hall–Kier alpha value is -2.17. The van der Waals surface area contributed by atoms with E-state index in [2.05, 4.69) is 5.32 Å². The second-order valence-corrected chi connectivity index (χ2v) is 5.21. The van der Waals surface area contributed by atoms with E-state index >= 15 is 0 Å². The van der Waals surface area contributed by atoms with Gasteiger partial charge < -0.3 is 5.73 Å². The first-order chi connectivity index (χ1) is 9.47. The smallest absolute Gasteiger partial charge is 0.230 e. The van der Waals surface area contributed by atoms with Crippen molar-refractivity contribution < 1.29 is 14.4 Å². The zero-order valence-corrected chi connectivity index (χ0v) is 11.4. The maximum absolute atomic E-state index is 12.2. The maximum atomic E-state index is 12.2. The Kier molecular flexibility index (Phi) is 4.17. The highest BCUT2D eigenvalue weighted by Gasteiger charge is 2.30. The van der Waals surface area contributed by atoms with Gasteiger partial charge in [-0.05, 0) is 24.1 Å². The van der Waals surface area contributed by atoms with Crippen molar-refractivity contribution in [1.82, 2.24) is 5.32 Å². The van der Waals surface area contributed by atoms with Crippen LogP contribution >= 0.6 is 0 Å². The predicted octanol–water partition coefficient (Wildman–Crippen LogP) is 1.38. The number of piperidine rings is 1. The second kappa shape index (κ2) is 5.86. The molecule has 1 fully saturated rings. The molecular formula is C15H18N2O3. The van der Waals surface area contributed by atoms with Crippen LogP contribution in [0.3, 0.4) is 0 Å². The Morgan fingerprint density at radius 3 is 2.60 bits per heavy atom. The van der Waals surface area contributed by atoms with Crippen molar-refractivity contribution in [2.75, 3.05) is 5.73 Å². The lowest BCUT2D eigenvalue weighted by atomic mass is 9.86. The molecule has 1 aromatic carbocycles. The molecule has 2 amide bonds. The van der Waals surface area contributed by atoms with Gasteiger partial charge in [-0.25, -0.2) is 0 Å². The summed E-state index contributed by atoms with van der Waals surface area (Å²) >= 11 is 0. The molecule has 1 saturated heterocycles. The van der Waals surface area contributed by atoms with Gasteiger partial charge in [0.2, 0.25) is 11.8 Å². The summed E-state index contributed by atoms with van der Waals surface area (Å²) < 4.78 is 0. The van der Waals surface area contributed by atoms with Crippen LogP contribution in [0, 0.1) is 5.92 Å². The van der Waals surface area contributed by atoms with Gasteiger partial charge in [-0.2, -0.15) is 0 Å². The normalized spacial score (nSPS) is 20.4. The highest BCUT2D eigenvalue weighted by molar-refractivity contribution is 6.00. The number of hydrogen-bond donors (Lipinski definition) is 2. The molecule has 2 unspecified atom stereocenters. The molecule has 2 rings (SSSR count). The van der Waals surface area contributed by atoms with Gasteiger partial charge >= 0.3 is 0 Å². The molecule has 0 aromatic heterocycles. The molecule has 1 aliphatic rings. The molecule has 0 bridgehead atoms. The third-order valence-corrected chi connectivity index (χ3v) is 3.72. The van der Waals surface area contributed by atoms with Crippen LogP contribution in [-0.4, -0.2) is 17.6 Å². The Morgan fingerprint density at radius 2 is 2.00 bits per heavy atom. The van der Waals surface area contributed by atoms with Crippen LogP contribution in [0.25, 0.3) is 0 Å². The number of rotatable bonds is 4. The maximum Gasteiger partial charge on any atom is 0.230 e. The van der Waals surface area contributed by atoms with E-state index in [1.807, 2.05) is 19.1 Å². The minimum absolute atomic E-state index is 0.00395. The first kappa shape index (κ1) is 14.2. The van der Waals surface area contributed by atoms with Crippen LogP contribution in [-0.2, 0) is 14.4 Å². The first-order valence-corrected chi connectivity index (χ1v) is 6.69. The van der Waals surface area contributed by atoms with E-state index in [9.17, 15) is 14.4 Å². The lowest BCUT2D eigenvalue weighted by Crippen LogP contribution is -2.41. The van der Waals surface area contributed by atoms with E-state index in [0.717, 1.165) is 5.56 Å². The van der Waals surface area contributed by atoms with Crippen molar-refractivity contribution in [3.63, 3.8) is 0 Å². The molecule has 20 heavy (non-hydrogen) atoms. The van der Waals surface area contributed by atoms with Crippen LogP contribution < -0.4 is 11.1 Å². The number of Topliss-reactive ketones (excluding diaryl/α,β-unsaturated/α-hetero) is 1. The molecule has 106 valence electrons. The fourth-order valence-corrected chi connectivity index (χ4v) is 2.32. The molecule has 5 nitrogen and oxygen atoms in total. The highest BCUT2D eigenvalue weighted by Crippen LogP contribution is 2.24. The first-order valence-electron chi connectivity index (χ1n) is 6.69. The number of nitrogens with one attached hydrogen (secondary N) is 1. The van der Waals surface area contributed by atoms with Crippen molar-refractivity contribution >= 4 is 23.3 Å². The summed E-state index contributed by atoms with van der Waals surface area (Å²) in [5, 5.41) is 2.27. The van der Waals surface area contributed by atoms with Crippen molar-refractivity contribution in [3.05, 3.63) is 29.8 Å². The number of carbonyl (C=O) groups is 3. The summed E-state index contributed by atoms with van der Waals surface area (Å²) in [5.74, 6) is -1.26. The van der Waals surface area contributed by atoms with Gasteiger partial charge in [0, 0.05) is 30.4 Å². The van der Waals surface area contributed by atoms with E-state index in [-0.39, 0.29) is 29.9 Å². The molecular weight excluding hydrogens is 256 g/mol. The molecule has 0 aliphatic carbocycles. The number of nitrogens with two attached hydrogens (primary N) is 1. The van der Waals surface area contributed by atoms with Gasteiger partial charge in [-0.15, -0.1) is 0 Å². The monoisotopic (exact) mass is 274 g/mol. The van der Waals surface area contributed by atoms with Gasteiger partial charge in [0.25, 0.3) is 0 Å². The topological polar surface area (TPSA) is 89.3 Å². The number of carbonyl (C=O) groups excluding carboxylic acids is 3. The number of amides is 2. The van der Waals surface area contributed by atoms with Crippen molar-refractivity contribution in [3.8, 4) is 0 Å². The summed E-state index contributed by atoms with van der Waals surface area (Å²) in [5.41, 5.74) is 7.15. The molecule has 1 aliphatic heterocycles. The zero-order valence-electron chi connectivity index (χ0n) is 11.4. The SMILES string of the molecule is CC(C(=O)CC1CCC(=O)NC1=O)c1ccc(N)cc1. The number of hydrogen-bond acceptors (Lipinski definition) is 4. The quantitative estimate of drug-likeness (QED) is 0.641. The van der Waals surface area contributed by atoms with Gasteiger partial charge in [0.1, 0.15) is 5.78 Å². The zero-order chi connectivity index (χ0) is 14.7. The van der Waals surface area contributed by atoms with Crippen molar-refractivity contribution in [2.45, 2.75) is 32.1 Å². The van der Waals surface area contributed by atoms with Gasteiger partial charge in [0.15, 0.2) is 0 Å². The molecule has 1 heterocycles. The van der Waals surface area contributed by atoms with E-state index in [1.54, 1.807) is 12.1 Å². The standard InChI is InChI=1S/C15H18N2O3/c1-9(10-2-5-12(16)6-3-10)13(18)8-11-4-7-14(19)17-15(11)20/h2-3,5-6,9,11H,4,7-8,16H2,1H3,(H,17,19,20). The van der Waals surface area contributed by atoms with E-state index < -0.39 is 5.92 Å². The number of anilines is 1. The lowest BCUT2D eigenvalue weighted by molar-refractivity contribution is -0.138. The lowest BCUT2D eigenvalue weighted by Gasteiger charge is -2.21. The Balaban J connectivity index is 1.99. The fourth-order valence-electron chi connectivity index (χ4n) is 2.32. The molecule has 2 atom stereocenters. The Labute approximate surface area is 117 Å². The van der Waals surface area contributed by atoms with Crippen LogP contribution in [0.4, 0.5) is 5.69 Å². The Morgan fingerprint density at radius 1 is 1.35 bits per heavy atom. The molecule has 3 N–H and O–H groups in total. The summed E-state index contributed by atoms with van der Waals surface area (Å²) in [6.07, 6.45) is 0.926. The number of nitrogen functional groups attached to an aromatic ring is 1. The minimum Gasteiger partial charge on any atom is -0.399 e. The second-order valence-electron chi connectivity index (χ2n) is 5.21. The minimum atomic E-state index is -0.392. The van der Waals surface area contributed by atoms with Crippen molar-refractivity contribution in [1.29, 1.82) is 0 Å². The molecule has 0 radical (unpaired) electrons. The van der Waals surface area contributed by atoms with Crippen LogP contribution in [0.5, 0.6) is 0 Å². The van der Waals surface area contributed by atoms with Crippen molar-refractivity contribution in [2.24, 2.45) is 5.92 Å². The average molecular weight is 274 g/mol. The molecule has 5 heteroatoms. The largest absolute Gasteiger partial charge is 0.399 e. The summed E-state index contributed by atoms with van der Waals surface area (Å²) in [6, 6.07) is 7.15. The molecule has 0 spiro atoms. The predicted molar refractivity (Wildman–Crippen MR) is 74.8 cm³/mol. The average Bonchev–Trinajstić information content (AvgIpc) is 2.42. The fraction of sp³-hybridized carbons (Fsp3) is 0.400. The molecule has 1 aromatic rings. The highest BCUT2D eigenvalue weighted by atomic mass is 16.2. The van der Waals surface area contributed by atoms with E-state index in [4.69, 9.17) is 5.73 Å².